The van der Waals surface area contributed by atoms with E-state index in [2.05, 4.69) is 35.9 Å². The number of aryl methyl sites for hydroxylation is 1. The minimum atomic E-state index is 0.212. The maximum absolute atomic E-state index is 6.19. The fourth-order valence-electron chi connectivity index (χ4n) is 2.65. The van der Waals surface area contributed by atoms with Crippen molar-refractivity contribution in [2.24, 2.45) is 7.05 Å². The second kappa shape index (κ2) is 4.77. The van der Waals surface area contributed by atoms with Gasteiger partial charge in [0.1, 0.15) is 5.82 Å². The molecule has 2 aromatic rings. The quantitative estimate of drug-likeness (QED) is 0.593. The average Bonchev–Trinajstić information content (AvgIpc) is 2.67. The van der Waals surface area contributed by atoms with Crippen molar-refractivity contribution in [1.82, 2.24) is 9.55 Å². The van der Waals surface area contributed by atoms with Crippen LogP contribution in [0.1, 0.15) is 25.1 Å². The van der Waals surface area contributed by atoms with Gasteiger partial charge in [-0.15, -0.1) is 11.6 Å². The summed E-state index contributed by atoms with van der Waals surface area (Å²) in [6.07, 6.45) is 6.60. The van der Waals surface area contributed by atoms with E-state index in [-0.39, 0.29) is 5.38 Å². The van der Waals surface area contributed by atoms with Gasteiger partial charge >= 0.3 is 0 Å². The molecule has 0 radical (unpaired) electrons. The highest BCUT2D eigenvalue weighted by molar-refractivity contribution is 6.21. The number of fused-ring (bicyclic) bond motifs is 1. The first kappa shape index (κ1) is 11.8. The van der Waals surface area contributed by atoms with Gasteiger partial charge in [-0.05, 0) is 31.4 Å². The SMILES string of the molecule is Cn1c(CC2=CC(Cl)CCC2)nc2ccccc21. The van der Waals surface area contributed by atoms with Crippen molar-refractivity contribution >= 4 is 22.6 Å². The molecule has 0 saturated heterocycles. The first-order chi connectivity index (χ1) is 8.74. The number of imidazole rings is 1. The third-order valence-corrected chi connectivity index (χ3v) is 4.00. The zero-order chi connectivity index (χ0) is 12.5. The Labute approximate surface area is 112 Å². The molecule has 0 N–H and O–H groups in total. The first-order valence-electron chi connectivity index (χ1n) is 6.48. The molecule has 2 nitrogen and oxygen atoms in total. The summed E-state index contributed by atoms with van der Waals surface area (Å²) in [6.45, 7) is 0. The normalized spacial score (nSPS) is 20.1. The van der Waals surface area contributed by atoms with Crippen LogP contribution >= 0.6 is 11.6 Å². The lowest BCUT2D eigenvalue weighted by Crippen LogP contribution is -2.07. The highest BCUT2D eigenvalue weighted by Crippen LogP contribution is 2.25. The number of alkyl halides is 1. The van der Waals surface area contributed by atoms with Crippen molar-refractivity contribution < 1.29 is 0 Å². The van der Waals surface area contributed by atoms with E-state index in [1.54, 1.807) is 0 Å². The lowest BCUT2D eigenvalue weighted by molar-refractivity contribution is 0.681. The van der Waals surface area contributed by atoms with Crippen LogP contribution in [-0.4, -0.2) is 14.9 Å². The summed E-state index contributed by atoms with van der Waals surface area (Å²) in [5.41, 5.74) is 3.71. The molecule has 0 amide bonds. The number of allylic oxidation sites excluding steroid dienone is 2. The van der Waals surface area contributed by atoms with Gasteiger partial charge in [-0.25, -0.2) is 4.98 Å². The Hall–Kier alpha value is -1.28. The van der Waals surface area contributed by atoms with Crippen LogP contribution in [0.15, 0.2) is 35.9 Å². The highest BCUT2D eigenvalue weighted by Gasteiger charge is 2.14. The second-order valence-electron chi connectivity index (χ2n) is 4.99. The van der Waals surface area contributed by atoms with Crippen molar-refractivity contribution in [2.45, 2.75) is 31.1 Å². The zero-order valence-electron chi connectivity index (χ0n) is 10.6. The monoisotopic (exact) mass is 260 g/mol. The Morgan fingerprint density at radius 2 is 2.22 bits per heavy atom. The van der Waals surface area contributed by atoms with Crippen LogP contribution in [0.4, 0.5) is 0 Å². The third kappa shape index (κ3) is 2.17. The van der Waals surface area contributed by atoms with Crippen LogP contribution in [0.2, 0.25) is 0 Å². The molecule has 94 valence electrons. The second-order valence-corrected chi connectivity index (χ2v) is 5.55. The van der Waals surface area contributed by atoms with Crippen LogP contribution in [0, 0.1) is 0 Å². The van der Waals surface area contributed by atoms with E-state index < -0.39 is 0 Å². The number of benzene rings is 1. The topological polar surface area (TPSA) is 17.8 Å². The van der Waals surface area contributed by atoms with E-state index in [9.17, 15) is 0 Å². The molecule has 1 heterocycles. The number of para-hydroxylation sites is 2. The van der Waals surface area contributed by atoms with Gasteiger partial charge in [0.05, 0.1) is 16.4 Å². The van der Waals surface area contributed by atoms with Crippen LogP contribution in [0.3, 0.4) is 0 Å². The van der Waals surface area contributed by atoms with Crippen molar-refractivity contribution in [3.63, 3.8) is 0 Å². The van der Waals surface area contributed by atoms with Crippen molar-refractivity contribution in [3.05, 3.63) is 41.7 Å². The molecule has 1 aromatic carbocycles. The lowest BCUT2D eigenvalue weighted by Gasteiger charge is -2.16. The van der Waals surface area contributed by atoms with Gasteiger partial charge in [-0.3, -0.25) is 0 Å². The molecule has 0 spiro atoms. The molecular weight excluding hydrogens is 244 g/mol. The molecule has 0 fully saturated rings. The predicted molar refractivity (Wildman–Crippen MR) is 76.0 cm³/mol. The molecule has 0 bridgehead atoms. The smallest absolute Gasteiger partial charge is 0.113 e. The van der Waals surface area contributed by atoms with E-state index in [1.165, 1.54) is 17.5 Å². The van der Waals surface area contributed by atoms with Crippen LogP contribution in [0.5, 0.6) is 0 Å². The molecule has 3 rings (SSSR count). The van der Waals surface area contributed by atoms with E-state index in [0.29, 0.717) is 0 Å². The third-order valence-electron chi connectivity index (χ3n) is 3.66. The van der Waals surface area contributed by atoms with Crippen LogP contribution < -0.4 is 0 Å². The number of aromatic nitrogens is 2. The van der Waals surface area contributed by atoms with Gasteiger partial charge in [-0.2, -0.15) is 0 Å². The molecule has 18 heavy (non-hydrogen) atoms. The summed E-state index contributed by atoms with van der Waals surface area (Å²) in [5, 5.41) is 0.212. The maximum Gasteiger partial charge on any atom is 0.113 e. The van der Waals surface area contributed by atoms with Crippen molar-refractivity contribution in [3.8, 4) is 0 Å². The summed E-state index contributed by atoms with van der Waals surface area (Å²) in [7, 11) is 2.09. The molecule has 3 heteroatoms. The Balaban J connectivity index is 1.93. The summed E-state index contributed by atoms with van der Waals surface area (Å²) in [6, 6.07) is 8.28. The fourth-order valence-corrected chi connectivity index (χ4v) is 2.98. The Morgan fingerprint density at radius 1 is 1.39 bits per heavy atom. The zero-order valence-corrected chi connectivity index (χ0v) is 11.3. The van der Waals surface area contributed by atoms with Crippen molar-refractivity contribution in [1.29, 1.82) is 0 Å². The predicted octanol–water partition coefficient (Wildman–Crippen LogP) is 3.83. The molecule has 0 saturated carbocycles. The summed E-state index contributed by atoms with van der Waals surface area (Å²) < 4.78 is 2.19. The van der Waals surface area contributed by atoms with Gasteiger partial charge in [0.25, 0.3) is 0 Å². The molecule has 1 aliphatic rings. The molecular formula is C15H17ClN2. The molecule has 1 atom stereocenters. The van der Waals surface area contributed by atoms with E-state index in [1.807, 2.05) is 6.07 Å². The molecule has 1 aliphatic carbocycles. The summed E-state index contributed by atoms with van der Waals surface area (Å²) >= 11 is 6.19. The van der Waals surface area contributed by atoms with E-state index >= 15 is 0 Å². The van der Waals surface area contributed by atoms with Crippen LogP contribution in [-0.2, 0) is 13.5 Å². The van der Waals surface area contributed by atoms with Gasteiger partial charge in [0.15, 0.2) is 0 Å². The highest BCUT2D eigenvalue weighted by atomic mass is 35.5. The van der Waals surface area contributed by atoms with Crippen molar-refractivity contribution in [2.75, 3.05) is 0 Å². The number of nitrogens with zero attached hydrogens (tertiary/aromatic N) is 2. The first-order valence-corrected chi connectivity index (χ1v) is 6.91. The molecule has 1 unspecified atom stereocenters. The fraction of sp³-hybridized carbons (Fsp3) is 0.400. The Bertz CT molecular complexity index is 598. The van der Waals surface area contributed by atoms with Gasteiger partial charge in [0, 0.05) is 13.5 Å². The van der Waals surface area contributed by atoms with Gasteiger partial charge < -0.3 is 4.57 Å². The molecule has 1 aromatic heterocycles. The lowest BCUT2D eigenvalue weighted by atomic mass is 9.97. The minimum Gasteiger partial charge on any atom is -0.331 e. The van der Waals surface area contributed by atoms with Gasteiger partial charge in [-0.1, -0.05) is 23.8 Å². The number of hydrogen-bond donors (Lipinski definition) is 0. The summed E-state index contributed by atoms with van der Waals surface area (Å²) in [4.78, 5) is 4.71. The number of halogens is 1. The van der Waals surface area contributed by atoms with Crippen LogP contribution in [0.25, 0.3) is 11.0 Å². The van der Waals surface area contributed by atoms with E-state index in [0.717, 1.165) is 30.6 Å². The Morgan fingerprint density at radius 3 is 3.00 bits per heavy atom. The summed E-state index contributed by atoms with van der Waals surface area (Å²) in [5.74, 6) is 1.13. The molecule has 0 aliphatic heterocycles. The van der Waals surface area contributed by atoms with E-state index in [4.69, 9.17) is 16.6 Å². The largest absolute Gasteiger partial charge is 0.331 e. The average molecular weight is 261 g/mol. The minimum absolute atomic E-state index is 0.212. The number of rotatable bonds is 2. The maximum atomic E-state index is 6.19. The Kier molecular flexibility index (Phi) is 3.13. The standard InChI is InChI=1S/C15H17ClN2/c1-18-14-8-3-2-7-13(14)17-15(18)10-11-5-4-6-12(16)9-11/h2-3,7-9,12H,4-6,10H2,1H3. The van der Waals surface area contributed by atoms with Gasteiger partial charge in [0.2, 0.25) is 0 Å². The number of hydrogen-bond acceptors (Lipinski definition) is 1.